The maximum absolute atomic E-state index is 12.3. The number of hydrogen-bond donors (Lipinski definition) is 2. The average molecular weight is 333 g/mol. The van der Waals surface area contributed by atoms with Gasteiger partial charge in [0.05, 0.1) is 4.90 Å². The van der Waals surface area contributed by atoms with Crippen LogP contribution in [0.5, 0.6) is 0 Å². The van der Waals surface area contributed by atoms with Crippen molar-refractivity contribution in [3.63, 3.8) is 0 Å². The Morgan fingerprint density at radius 1 is 1.33 bits per heavy atom. The van der Waals surface area contributed by atoms with Crippen molar-refractivity contribution >= 4 is 31.6 Å². The van der Waals surface area contributed by atoms with Gasteiger partial charge in [0.25, 0.3) is 0 Å². The van der Waals surface area contributed by atoms with Crippen molar-refractivity contribution in [3.8, 4) is 0 Å². The zero-order valence-electron chi connectivity index (χ0n) is 10.2. The van der Waals surface area contributed by atoms with E-state index in [4.69, 9.17) is 5.73 Å². The van der Waals surface area contributed by atoms with Gasteiger partial charge in [0.2, 0.25) is 10.0 Å². The summed E-state index contributed by atoms with van der Waals surface area (Å²) in [5.74, 6) is 0. The Morgan fingerprint density at radius 2 is 1.94 bits per heavy atom. The highest BCUT2D eigenvalue weighted by Crippen LogP contribution is 2.32. The first-order valence-corrected chi connectivity index (χ1v) is 8.19. The number of halogens is 1. The van der Waals surface area contributed by atoms with Crippen LogP contribution >= 0.6 is 15.9 Å². The van der Waals surface area contributed by atoms with Gasteiger partial charge in [0.15, 0.2) is 0 Å². The molecule has 1 saturated carbocycles. The lowest BCUT2D eigenvalue weighted by Crippen LogP contribution is -2.43. The molecule has 1 aromatic rings. The Morgan fingerprint density at radius 3 is 2.50 bits per heavy atom. The van der Waals surface area contributed by atoms with Crippen molar-refractivity contribution in [3.05, 3.63) is 22.7 Å². The minimum absolute atomic E-state index is 0.241. The molecule has 4 nitrogen and oxygen atoms in total. The van der Waals surface area contributed by atoms with Crippen LogP contribution in [0.25, 0.3) is 0 Å². The molecule has 0 atom stereocenters. The minimum atomic E-state index is -3.50. The standard InChI is InChI=1S/C12H17BrN2O2S/c1-12(6-2-3-7-12)15-18(16,17)11-5-4-9(14)8-10(11)13/h4-5,8,15H,2-3,6-7,14H2,1H3. The number of nitrogens with one attached hydrogen (secondary N) is 1. The van der Waals surface area contributed by atoms with Gasteiger partial charge in [-0.3, -0.25) is 0 Å². The lowest BCUT2D eigenvalue weighted by atomic mass is 10.0. The van der Waals surface area contributed by atoms with E-state index in [1.165, 1.54) is 6.07 Å². The van der Waals surface area contributed by atoms with E-state index in [0.29, 0.717) is 10.2 Å². The summed E-state index contributed by atoms with van der Waals surface area (Å²) in [6, 6.07) is 4.72. The average Bonchev–Trinajstić information content (AvgIpc) is 2.62. The summed E-state index contributed by atoms with van der Waals surface area (Å²) in [5.41, 5.74) is 5.83. The van der Waals surface area contributed by atoms with Gasteiger partial charge >= 0.3 is 0 Å². The van der Waals surface area contributed by atoms with E-state index in [2.05, 4.69) is 20.7 Å². The fourth-order valence-corrected chi connectivity index (χ4v) is 4.93. The summed E-state index contributed by atoms with van der Waals surface area (Å²) in [6.07, 6.45) is 3.92. The second-order valence-corrected chi connectivity index (χ2v) is 7.57. The number of sulfonamides is 1. The molecule has 0 radical (unpaired) electrons. The Hall–Kier alpha value is -0.590. The molecule has 1 aromatic carbocycles. The number of nitrogen functional groups attached to an aromatic ring is 1. The molecule has 0 saturated heterocycles. The highest BCUT2D eigenvalue weighted by molar-refractivity contribution is 9.10. The second-order valence-electron chi connectivity index (χ2n) is 5.06. The Bertz CT molecular complexity index is 551. The number of nitrogens with two attached hydrogens (primary N) is 1. The molecule has 1 aliphatic rings. The number of anilines is 1. The van der Waals surface area contributed by atoms with Crippen molar-refractivity contribution in [2.45, 2.75) is 43.0 Å². The SMILES string of the molecule is CC1(NS(=O)(=O)c2ccc(N)cc2Br)CCCC1. The molecule has 1 fully saturated rings. The maximum Gasteiger partial charge on any atom is 0.242 e. The molecular formula is C12H17BrN2O2S. The first-order chi connectivity index (χ1) is 8.32. The topological polar surface area (TPSA) is 72.2 Å². The summed E-state index contributed by atoms with van der Waals surface area (Å²) in [6.45, 7) is 1.96. The lowest BCUT2D eigenvalue weighted by molar-refractivity contribution is 0.427. The summed E-state index contributed by atoms with van der Waals surface area (Å²) in [7, 11) is -3.50. The Labute approximate surface area is 116 Å². The molecule has 6 heteroatoms. The van der Waals surface area contributed by atoms with Gasteiger partial charge < -0.3 is 5.73 Å². The van der Waals surface area contributed by atoms with Crippen molar-refractivity contribution in [1.29, 1.82) is 0 Å². The van der Waals surface area contributed by atoms with Gasteiger partial charge in [-0.25, -0.2) is 13.1 Å². The summed E-state index contributed by atoms with van der Waals surface area (Å²) in [5, 5.41) is 0. The van der Waals surface area contributed by atoms with Crippen molar-refractivity contribution in [2.24, 2.45) is 0 Å². The molecule has 2 rings (SSSR count). The van der Waals surface area contributed by atoms with Gasteiger partial charge in [0, 0.05) is 15.7 Å². The predicted octanol–water partition coefficient (Wildman–Crippen LogP) is 2.64. The van der Waals surface area contributed by atoms with Crippen molar-refractivity contribution < 1.29 is 8.42 Å². The fraction of sp³-hybridized carbons (Fsp3) is 0.500. The van der Waals surface area contributed by atoms with E-state index in [0.717, 1.165) is 25.7 Å². The largest absolute Gasteiger partial charge is 0.399 e. The number of hydrogen-bond acceptors (Lipinski definition) is 3. The van der Waals surface area contributed by atoms with Gasteiger partial charge in [0.1, 0.15) is 0 Å². The number of benzene rings is 1. The minimum Gasteiger partial charge on any atom is -0.399 e. The van der Waals surface area contributed by atoms with Crippen LogP contribution in [-0.2, 0) is 10.0 Å². The molecule has 3 N–H and O–H groups in total. The van der Waals surface area contributed by atoms with Crippen LogP contribution in [0.4, 0.5) is 5.69 Å². The van der Waals surface area contributed by atoms with Crippen LogP contribution in [-0.4, -0.2) is 14.0 Å². The maximum atomic E-state index is 12.3. The Balaban J connectivity index is 2.30. The number of rotatable bonds is 3. The molecule has 0 amide bonds. The summed E-state index contributed by atoms with van der Waals surface area (Å²) >= 11 is 3.25. The first-order valence-electron chi connectivity index (χ1n) is 5.91. The van der Waals surface area contributed by atoms with E-state index in [-0.39, 0.29) is 10.4 Å². The second kappa shape index (κ2) is 4.83. The van der Waals surface area contributed by atoms with Crippen LogP contribution in [0.2, 0.25) is 0 Å². The third kappa shape index (κ3) is 2.87. The lowest BCUT2D eigenvalue weighted by Gasteiger charge is -2.25. The van der Waals surface area contributed by atoms with Gasteiger partial charge in [-0.1, -0.05) is 12.8 Å². The molecule has 0 unspecified atom stereocenters. The summed E-state index contributed by atoms with van der Waals surface area (Å²) < 4.78 is 28.0. The summed E-state index contributed by atoms with van der Waals surface area (Å²) in [4.78, 5) is 0.241. The van der Waals surface area contributed by atoms with Crippen molar-refractivity contribution in [1.82, 2.24) is 4.72 Å². The molecule has 0 aliphatic heterocycles. The van der Waals surface area contributed by atoms with E-state index in [1.54, 1.807) is 12.1 Å². The van der Waals surface area contributed by atoms with Crippen LogP contribution in [0.3, 0.4) is 0 Å². The molecule has 18 heavy (non-hydrogen) atoms. The molecule has 0 heterocycles. The van der Waals surface area contributed by atoms with Crippen LogP contribution in [0.15, 0.2) is 27.6 Å². The molecule has 0 spiro atoms. The highest BCUT2D eigenvalue weighted by Gasteiger charge is 2.34. The van der Waals surface area contributed by atoms with Gasteiger partial charge in [-0.05, 0) is 53.9 Å². The van der Waals surface area contributed by atoms with Gasteiger partial charge in [-0.15, -0.1) is 0 Å². The van der Waals surface area contributed by atoms with Crippen LogP contribution in [0.1, 0.15) is 32.6 Å². The third-order valence-corrected chi connectivity index (χ3v) is 5.95. The molecule has 100 valence electrons. The molecular weight excluding hydrogens is 316 g/mol. The van der Waals surface area contributed by atoms with Crippen molar-refractivity contribution in [2.75, 3.05) is 5.73 Å². The predicted molar refractivity (Wildman–Crippen MR) is 75.7 cm³/mol. The Kier molecular flexibility index (Phi) is 3.71. The van der Waals surface area contributed by atoms with Crippen LogP contribution in [0, 0.1) is 0 Å². The van der Waals surface area contributed by atoms with E-state index >= 15 is 0 Å². The highest BCUT2D eigenvalue weighted by atomic mass is 79.9. The molecule has 0 aromatic heterocycles. The third-order valence-electron chi connectivity index (χ3n) is 3.33. The fourth-order valence-electron chi connectivity index (χ4n) is 2.37. The zero-order valence-corrected chi connectivity index (χ0v) is 12.6. The van der Waals surface area contributed by atoms with Gasteiger partial charge in [-0.2, -0.15) is 0 Å². The van der Waals surface area contributed by atoms with E-state index < -0.39 is 10.0 Å². The van der Waals surface area contributed by atoms with Crippen LogP contribution < -0.4 is 10.5 Å². The zero-order chi connectivity index (χ0) is 13.4. The van der Waals surface area contributed by atoms with E-state index in [9.17, 15) is 8.42 Å². The normalized spacial score (nSPS) is 19.0. The smallest absolute Gasteiger partial charge is 0.242 e. The van der Waals surface area contributed by atoms with E-state index in [1.807, 2.05) is 6.92 Å². The molecule has 1 aliphatic carbocycles. The quantitative estimate of drug-likeness (QED) is 0.836. The monoisotopic (exact) mass is 332 g/mol. The first kappa shape index (κ1) is 13.8. The molecule has 0 bridgehead atoms.